The molecule has 1 unspecified atom stereocenters. The van der Waals surface area contributed by atoms with E-state index in [1.54, 1.807) is 16.9 Å². The highest BCUT2D eigenvalue weighted by atomic mass is 32.2. The first-order valence-electron chi connectivity index (χ1n) is 9.65. The van der Waals surface area contributed by atoms with E-state index >= 15 is 0 Å². The maximum Gasteiger partial charge on any atom is 0.256 e. The Labute approximate surface area is 174 Å². The lowest BCUT2D eigenvalue weighted by Crippen LogP contribution is -2.31. The fourth-order valence-corrected chi connectivity index (χ4v) is 4.25. The van der Waals surface area contributed by atoms with E-state index < -0.39 is 10.0 Å². The number of nitrogens with zero attached hydrogens (tertiary/aromatic N) is 2. The van der Waals surface area contributed by atoms with Gasteiger partial charge in [0.25, 0.3) is 5.91 Å². The summed E-state index contributed by atoms with van der Waals surface area (Å²) in [7, 11) is -3.65. The molecule has 4 rings (SSSR count). The second kappa shape index (κ2) is 8.78. The number of ether oxygens (including phenoxy) is 1. The average Bonchev–Trinajstić information content (AvgIpc) is 3.45. The molecule has 2 aromatic carbocycles. The van der Waals surface area contributed by atoms with E-state index in [0.717, 1.165) is 18.5 Å². The monoisotopic (exact) mass is 426 g/mol. The Morgan fingerprint density at radius 1 is 1.10 bits per heavy atom. The van der Waals surface area contributed by atoms with Gasteiger partial charge in [0.2, 0.25) is 10.0 Å². The molecule has 1 aromatic heterocycles. The van der Waals surface area contributed by atoms with Crippen molar-refractivity contribution in [1.82, 2.24) is 14.5 Å². The highest BCUT2D eigenvalue weighted by Gasteiger charge is 2.20. The van der Waals surface area contributed by atoms with Gasteiger partial charge in [-0.3, -0.25) is 4.79 Å². The Morgan fingerprint density at radius 3 is 2.57 bits per heavy atom. The number of nitrogens with one attached hydrogen (secondary N) is 2. The zero-order chi connectivity index (χ0) is 21.0. The first-order chi connectivity index (χ1) is 14.5. The van der Waals surface area contributed by atoms with Crippen LogP contribution in [-0.2, 0) is 14.8 Å². The lowest BCUT2D eigenvalue weighted by atomic mass is 10.2. The number of hydrogen-bond donors (Lipinski definition) is 2. The Hall–Kier alpha value is -3.01. The van der Waals surface area contributed by atoms with Gasteiger partial charge in [-0.2, -0.15) is 5.10 Å². The molecule has 8 nitrogen and oxygen atoms in total. The first-order valence-corrected chi connectivity index (χ1v) is 11.1. The fraction of sp³-hybridized carbons (Fsp3) is 0.238. The zero-order valence-corrected chi connectivity index (χ0v) is 17.0. The molecule has 1 atom stereocenters. The van der Waals surface area contributed by atoms with Crippen LogP contribution in [0.2, 0.25) is 0 Å². The summed E-state index contributed by atoms with van der Waals surface area (Å²) in [5.74, 6) is 0.0309. The molecule has 156 valence electrons. The standard InChI is InChI=1S/C21H22N4O4S/c26-21(23-20-12-13-25(24-20)17-5-2-1-3-6-17)16-8-10-19(11-9-16)30(27,28)22-15-18-7-4-14-29-18/h1-3,5-6,8-13,18,22H,4,7,14-15H2,(H,23,24,26). The number of anilines is 1. The van der Waals surface area contributed by atoms with Crippen LogP contribution in [0.25, 0.3) is 5.69 Å². The summed E-state index contributed by atoms with van der Waals surface area (Å²) in [6, 6.07) is 17.0. The number of hydrogen-bond acceptors (Lipinski definition) is 5. The molecule has 9 heteroatoms. The summed E-state index contributed by atoms with van der Waals surface area (Å²) in [6.45, 7) is 0.911. The zero-order valence-electron chi connectivity index (χ0n) is 16.2. The quantitative estimate of drug-likeness (QED) is 0.605. The van der Waals surface area contributed by atoms with Crippen molar-refractivity contribution in [2.45, 2.75) is 23.8 Å². The van der Waals surface area contributed by atoms with E-state index in [0.29, 0.717) is 18.0 Å². The highest BCUT2D eigenvalue weighted by molar-refractivity contribution is 7.89. The number of carbonyl (C=O) groups is 1. The predicted molar refractivity (Wildman–Crippen MR) is 112 cm³/mol. The van der Waals surface area contributed by atoms with Gasteiger partial charge in [-0.05, 0) is 49.2 Å². The summed E-state index contributed by atoms with van der Waals surface area (Å²) >= 11 is 0. The smallest absolute Gasteiger partial charge is 0.256 e. The van der Waals surface area contributed by atoms with Crippen molar-refractivity contribution in [2.75, 3.05) is 18.5 Å². The molecule has 30 heavy (non-hydrogen) atoms. The van der Waals surface area contributed by atoms with Gasteiger partial charge in [-0.15, -0.1) is 0 Å². The number of benzene rings is 2. The molecular weight excluding hydrogens is 404 g/mol. The van der Waals surface area contributed by atoms with Gasteiger partial charge in [0, 0.05) is 31.0 Å². The summed E-state index contributed by atoms with van der Waals surface area (Å²) in [5, 5.41) is 7.05. The van der Waals surface area contributed by atoms with Crippen molar-refractivity contribution < 1.29 is 17.9 Å². The molecule has 2 N–H and O–H groups in total. The summed E-state index contributed by atoms with van der Waals surface area (Å²) in [6.07, 6.45) is 3.46. The van der Waals surface area contributed by atoms with Crippen LogP contribution in [0.3, 0.4) is 0 Å². The second-order valence-electron chi connectivity index (χ2n) is 6.95. The summed E-state index contributed by atoms with van der Waals surface area (Å²) in [5.41, 5.74) is 1.21. The second-order valence-corrected chi connectivity index (χ2v) is 8.71. The molecule has 1 amide bonds. The number of sulfonamides is 1. The summed E-state index contributed by atoms with van der Waals surface area (Å²) < 4.78 is 34.5. The van der Waals surface area contributed by atoms with Gasteiger partial charge < -0.3 is 10.1 Å². The van der Waals surface area contributed by atoms with Crippen LogP contribution < -0.4 is 10.0 Å². The molecule has 1 aliphatic rings. The molecule has 1 fully saturated rings. The molecule has 0 radical (unpaired) electrons. The maximum atomic E-state index is 12.5. The molecule has 1 saturated heterocycles. The molecule has 1 aliphatic heterocycles. The maximum absolute atomic E-state index is 12.5. The minimum absolute atomic E-state index is 0.0829. The van der Waals surface area contributed by atoms with Crippen LogP contribution in [-0.4, -0.2) is 43.4 Å². The van der Waals surface area contributed by atoms with Crippen molar-refractivity contribution in [3.8, 4) is 5.69 Å². The Morgan fingerprint density at radius 2 is 1.87 bits per heavy atom. The van der Waals surface area contributed by atoms with Gasteiger partial charge in [0.05, 0.1) is 16.7 Å². The number of para-hydroxylation sites is 1. The van der Waals surface area contributed by atoms with E-state index in [-0.39, 0.29) is 23.5 Å². The van der Waals surface area contributed by atoms with Gasteiger partial charge in [0.15, 0.2) is 5.82 Å². The number of amides is 1. The van der Waals surface area contributed by atoms with Crippen LogP contribution >= 0.6 is 0 Å². The largest absolute Gasteiger partial charge is 0.377 e. The normalized spacial score (nSPS) is 16.5. The summed E-state index contributed by atoms with van der Waals surface area (Å²) in [4.78, 5) is 12.6. The van der Waals surface area contributed by atoms with Gasteiger partial charge >= 0.3 is 0 Å². The van der Waals surface area contributed by atoms with Crippen LogP contribution in [0.1, 0.15) is 23.2 Å². The van der Waals surface area contributed by atoms with Crippen molar-refractivity contribution in [2.24, 2.45) is 0 Å². The van der Waals surface area contributed by atoms with E-state index in [9.17, 15) is 13.2 Å². The van der Waals surface area contributed by atoms with E-state index in [1.165, 1.54) is 24.3 Å². The van der Waals surface area contributed by atoms with Crippen LogP contribution in [0.15, 0.2) is 71.8 Å². The number of aromatic nitrogens is 2. The van der Waals surface area contributed by atoms with Gasteiger partial charge in [-0.25, -0.2) is 17.8 Å². The average molecular weight is 426 g/mol. The van der Waals surface area contributed by atoms with Crippen molar-refractivity contribution in [3.63, 3.8) is 0 Å². The molecule has 0 saturated carbocycles. The Balaban J connectivity index is 1.39. The third kappa shape index (κ3) is 4.76. The highest BCUT2D eigenvalue weighted by Crippen LogP contribution is 2.15. The molecule has 2 heterocycles. The number of carbonyl (C=O) groups excluding carboxylic acids is 1. The Bertz CT molecular complexity index is 1110. The fourth-order valence-electron chi connectivity index (χ4n) is 3.18. The lowest BCUT2D eigenvalue weighted by Gasteiger charge is -2.11. The lowest BCUT2D eigenvalue weighted by molar-refractivity contribution is 0.102. The van der Waals surface area contributed by atoms with E-state index in [2.05, 4.69) is 15.1 Å². The predicted octanol–water partition coefficient (Wildman–Crippen LogP) is 2.58. The molecule has 0 spiro atoms. The van der Waals surface area contributed by atoms with Crippen molar-refractivity contribution >= 4 is 21.7 Å². The first kappa shape index (κ1) is 20.3. The van der Waals surface area contributed by atoms with Crippen molar-refractivity contribution in [3.05, 3.63) is 72.4 Å². The minimum Gasteiger partial charge on any atom is -0.377 e. The van der Waals surface area contributed by atoms with Crippen LogP contribution in [0.5, 0.6) is 0 Å². The van der Waals surface area contributed by atoms with Crippen LogP contribution in [0, 0.1) is 0 Å². The topological polar surface area (TPSA) is 102 Å². The third-order valence-corrected chi connectivity index (χ3v) is 6.24. The molecule has 3 aromatic rings. The molecule has 0 bridgehead atoms. The Kier molecular flexibility index (Phi) is 5.93. The van der Waals surface area contributed by atoms with Crippen molar-refractivity contribution in [1.29, 1.82) is 0 Å². The third-order valence-electron chi connectivity index (χ3n) is 4.80. The minimum atomic E-state index is -3.65. The van der Waals surface area contributed by atoms with Gasteiger partial charge in [-0.1, -0.05) is 18.2 Å². The van der Waals surface area contributed by atoms with E-state index in [4.69, 9.17) is 4.74 Å². The molecular formula is C21H22N4O4S. The number of rotatable bonds is 7. The molecule has 0 aliphatic carbocycles. The van der Waals surface area contributed by atoms with E-state index in [1.807, 2.05) is 30.3 Å². The van der Waals surface area contributed by atoms with Gasteiger partial charge in [0.1, 0.15) is 0 Å². The SMILES string of the molecule is O=C(Nc1ccn(-c2ccccc2)n1)c1ccc(S(=O)(=O)NCC2CCCO2)cc1. The van der Waals surface area contributed by atoms with Crippen LogP contribution in [0.4, 0.5) is 5.82 Å².